The maximum Gasteiger partial charge on any atom is 0.341 e. The topological polar surface area (TPSA) is 81.4 Å². The molecule has 2 aromatic carbocycles. The lowest BCUT2D eigenvalue weighted by molar-refractivity contribution is 0.0694. The molecule has 3 rings (SSSR count). The summed E-state index contributed by atoms with van der Waals surface area (Å²) in [4.78, 5) is 23.9. The third-order valence-corrected chi connectivity index (χ3v) is 4.13. The van der Waals surface area contributed by atoms with Gasteiger partial charge < -0.3 is 9.84 Å². The highest BCUT2D eigenvalue weighted by Gasteiger charge is 2.15. The molecule has 0 aliphatic heterocycles. The summed E-state index contributed by atoms with van der Waals surface area (Å²) < 4.78 is 32.7. The SMILES string of the molecule is COc1ccc(-c2cc(C(=O)O)c(=O)n(CC=Cc3ccc(F)cc3F)n2)cc1. The minimum atomic E-state index is -1.38. The van der Waals surface area contributed by atoms with Crippen molar-refractivity contribution in [1.29, 1.82) is 0 Å². The van der Waals surface area contributed by atoms with Crippen molar-refractivity contribution in [3.63, 3.8) is 0 Å². The second-order valence-electron chi connectivity index (χ2n) is 6.03. The van der Waals surface area contributed by atoms with E-state index in [0.29, 0.717) is 11.3 Å². The summed E-state index contributed by atoms with van der Waals surface area (Å²) in [7, 11) is 1.52. The molecule has 0 aliphatic carbocycles. The summed E-state index contributed by atoms with van der Waals surface area (Å²) in [6, 6.07) is 11.1. The molecule has 0 saturated carbocycles. The van der Waals surface area contributed by atoms with Gasteiger partial charge in [0.15, 0.2) is 0 Å². The van der Waals surface area contributed by atoms with Gasteiger partial charge in [-0.25, -0.2) is 18.3 Å². The first-order chi connectivity index (χ1) is 13.9. The molecular weight excluding hydrogens is 382 g/mol. The number of benzene rings is 2. The lowest BCUT2D eigenvalue weighted by atomic mass is 10.1. The summed E-state index contributed by atoms with van der Waals surface area (Å²) in [5, 5.41) is 13.5. The normalized spacial score (nSPS) is 11.0. The van der Waals surface area contributed by atoms with Gasteiger partial charge in [-0.05, 0) is 42.5 Å². The number of hydrogen-bond acceptors (Lipinski definition) is 4. The fourth-order valence-electron chi connectivity index (χ4n) is 2.64. The number of aromatic nitrogens is 2. The van der Waals surface area contributed by atoms with Gasteiger partial charge in [0.25, 0.3) is 5.56 Å². The minimum absolute atomic E-state index is 0.0973. The Labute approximate surface area is 164 Å². The maximum absolute atomic E-state index is 13.7. The van der Waals surface area contributed by atoms with Crippen LogP contribution in [0.2, 0.25) is 0 Å². The van der Waals surface area contributed by atoms with E-state index in [2.05, 4.69) is 5.10 Å². The molecule has 0 atom stereocenters. The van der Waals surface area contributed by atoms with Crippen LogP contribution < -0.4 is 10.3 Å². The van der Waals surface area contributed by atoms with Crippen molar-refractivity contribution in [3.05, 3.63) is 87.7 Å². The number of ether oxygens (including phenoxy) is 1. The quantitative estimate of drug-likeness (QED) is 0.686. The Kier molecular flexibility index (Phi) is 5.82. The van der Waals surface area contributed by atoms with Crippen molar-refractivity contribution >= 4 is 12.0 Å². The number of nitrogens with zero attached hydrogens (tertiary/aromatic N) is 2. The Bertz CT molecular complexity index is 1140. The smallest absolute Gasteiger partial charge is 0.341 e. The Hall–Kier alpha value is -3.81. The predicted molar refractivity (Wildman–Crippen MR) is 103 cm³/mol. The van der Waals surface area contributed by atoms with Crippen LogP contribution in [0.4, 0.5) is 8.78 Å². The Morgan fingerprint density at radius 3 is 2.52 bits per heavy atom. The van der Waals surface area contributed by atoms with Crippen LogP contribution in [-0.4, -0.2) is 28.0 Å². The number of aromatic carboxylic acids is 1. The number of carboxylic acid groups (broad SMARTS) is 1. The zero-order chi connectivity index (χ0) is 21.0. The molecule has 6 nitrogen and oxygen atoms in total. The first-order valence-corrected chi connectivity index (χ1v) is 8.50. The first-order valence-electron chi connectivity index (χ1n) is 8.50. The van der Waals surface area contributed by atoms with E-state index in [4.69, 9.17) is 4.74 Å². The predicted octanol–water partition coefficient (Wildman–Crippen LogP) is 3.61. The molecule has 0 radical (unpaired) electrons. The van der Waals surface area contributed by atoms with Crippen LogP contribution in [0.3, 0.4) is 0 Å². The average Bonchev–Trinajstić information content (AvgIpc) is 2.70. The van der Waals surface area contributed by atoms with Crippen LogP contribution in [0.5, 0.6) is 5.75 Å². The van der Waals surface area contributed by atoms with E-state index in [1.807, 2.05) is 0 Å². The van der Waals surface area contributed by atoms with E-state index >= 15 is 0 Å². The van der Waals surface area contributed by atoms with Crippen LogP contribution in [0.25, 0.3) is 17.3 Å². The summed E-state index contributed by atoms with van der Waals surface area (Å²) in [6.07, 6.45) is 2.80. The number of carboxylic acids is 1. The van der Waals surface area contributed by atoms with Gasteiger partial charge in [-0.2, -0.15) is 5.10 Å². The molecule has 8 heteroatoms. The zero-order valence-electron chi connectivity index (χ0n) is 15.3. The van der Waals surface area contributed by atoms with Gasteiger partial charge in [-0.15, -0.1) is 0 Å². The van der Waals surface area contributed by atoms with Crippen molar-refractivity contribution in [2.75, 3.05) is 7.11 Å². The lowest BCUT2D eigenvalue weighted by Gasteiger charge is -2.08. The van der Waals surface area contributed by atoms with E-state index in [1.165, 1.54) is 31.4 Å². The Morgan fingerprint density at radius 1 is 1.17 bits per heavy atom. The number of carbonyl (C=O) groups is 1. The van der Waals surface area contributed by atoms with Crippen molar-refractivity contribution < 1.29 is 23.4 Å². The molecule has 3 aromatic rings. The Balaban J connectivity index is 1.96. The van der Waals surface area contributed by atoms with Crippen LogP contribution in [0.15, 0.2) is 59.4 Å². The highest BCUT2D eigenvalue weighted by atomic mass is 19.1. The van der Waals surface area contributed by atoms with Gasteiger partial charge in [0.05, 0.1) is 19.3 Å². The highest BCUT2D eigenvalue weighted by Crippen LogP contribution is 2.20. The third-order valence-electron chi connectivity index (χ3n) is 4.13. The number of methoxy groups -OCH3 is 1. The first kappa shape index (κ1) is 19.9. The van der Waals surface area contributed by atoms with E-state index < -0.39 is 28.7 Å². The fourth-order valence-corrected chi connectivity index (χ4v) is 2.64. The largest absolute Gasteiger partial charge is 0.497 e. The molecule has 1 N–H and O–H groups in total. The van der Waals surface area contributed by atoms with Gasteiger partial charge >= 0.3 is 5.97 Å². The van der Waals surface area contributed by atoms with Gasteiger partial charge in [-0.3, -0.25) is 4.79 Å². The van der Waals surface area contributed by atoms with Gasteiger partial charge in [0.2, 0.25) is 0 Å². The molecule has 1 aromatic heterocycles. The van der Waals surface area contributed by atoms with Crippen molar-refractivity contribution in [3.8, 4) is 17.0 Å². The monoisotopic (exact) mass is 398 g/mol. The fraction of sp³-hybridized carbons (Fsp3) is 0.0952. The summed E-state index contributed by atoms with van der Waals surface area (Å²) in [6.45, 7) is -0.0973. The van der Waals surface area contributed by atoms with E-state index in [1.54, 1.807) is 24.3 Å². The highest BCUT2D eigenvalue weighted by molar-refractivity contribution is 5.88. The van der Waals surface area contributed by atoms with Crippen LogP contribution in [-0.2, 0) is 6.54 Å². The Morgan fingerprint density at radius 2 is 1.90 bits per heavy atom. The van der Waals surface area contributed by atoms with Crippen LogP contribution in [0.1, 0.15) is 15.9 Å². The van der Waals surface area contributed by atoms with E-state index in [9.17, 15) is 23.5 Å². The van der Waals surface area contributed by atoms with Crippen LogP contribution >= 0.6 is 0 Å². The molecule has 29 heavy (non-hydrogen) atoms. The van der Waals surface area contributed by atoms with Gasteiger partial charge in [-0.1, -0.05) is 12.2 Å². The molecule has 0 amide bonds. The molecule has 0 saturated heterocycles. The second-order valence-corrected chi connectivity index (χ2v) is 6.03. The van der Waals surface area contributed by atoms with Crippen molar-refractivity contribution in [2.45, 2.75) is 6.54 Å². The van der Waals surface area contributed by atoms with Crippen molar-refractivity contribution in [2.24, 2.45) is 0 Å². The number of halogens is 2. The molecule has 0 bridgehead atoms. The average molecular weight is 398 g/mol. The molecule has 0 fully saturated rings. The molecule has 1 heterocycles. The number of hydrogen-bond donors (Lipinski definition) is 1. The molecule has 148 valence electrons. The second kappa shape index (κ2) is 8.47. The van der Waals surface area contributed by atoms with Crippen LogP contribution in [0, 0.1) is 11.6 Å². The molecule has 0 unspecified atom stereocenters. The summed E-state index contributed by atoms with van der Waals surface area (Å²) >= 11 is 0. The summed E-state index contributed by atoms with van der Waals surface area (Å²) in [5.74, 6) is -2.21. The molecule has 0 aliphatic rings. The number of rotatable bonds is 6. The zero-order valence-corrected chi connectivity index (χ0v) is 15.3. The maximum atomic E-state index is 13.7. The van der Waals surface area contributed by atoms with Crippen molar-refractivity contribution in [1.82, 2.24) is 9.78 Å². The third kappa shape index (κ3) is 4.55. The molecule has 0 spiro atoms. The van der Waals surface area contributed by atoms with E-state index in [-0.39, 0.29) is 17.8 Å². The molecular formula is C21H16F2N2O4. The lowest BCUT2D eigenvalue weighted by Crippen LogP contribution is -2.28. The number of allylic oxidation sites excluding steroid dienone is 1. The van der Waals surface area contributed by atoms with E-state index in [0.717, 1.165) is 16.8 Å². The van der Waals surface area contributed by atoms with Gasteiger partial charge in [0, 0.05) is 17.2 Å². The minimum Gasteiger partial charge on any atom is -0.497 e. The summed E-state index contributed by atoms with van der Waals surface area (Å²) in [5.41, 5.74) is -0.225. The standard InChI is InChI=1S/C21H16F2N2O4/c1-29-16-8-5-14(6-9-16)19-12-17(21(27)28)20(26)25(24-19)10-2-3-13-4-7-15(22)11-18(13)23/h2-9,11-12H,10H2,1H3,(H,27,28). The van der Waals surface area contributed by atoms with Gasteiger partial charge in [0.1, 0.15) is 22.9 Å².